The second-order valence-corrected chi connectivity index (χ2v) is 3.73. The number of nitrogens with one attached hydrogen (secondary N) is 2. The van der Waals surface area contributed by atoms with Gasteiger partial charge in [-0.15, -0.1) is 0 Å². The van der Waals surface area contributed by atoms with E-state index in [9.17, 15) is 4.79 Å². The van der Waals surface area contributed by atoms with Gasteiger partial charge in [-0.2, -0.15) is 0 Å². The predicted octanol–water partition coefficient (Wildman–Crippen LogP) is 1.23. The van der Waals surface area contributed by atoms with Crippen molar-refractivity contribution >= 4 is 29.3 Å². The Kier molecular flexibility index (Phi) is 3.00. The van der Waals surface area contributed by atoms with Crippen LogP contribution in [0.15, 0.2) is 18.3 Å². The summed E-state index contributed by atoms with van der Waals surface area (Å²) >= 11 is 5.14. The number of amides is 1. The maximum Gasteiger partial charge on any atom is 0.240 e. The van der Waals surface area contributed by atoms with Crippen molar-refractivity contribution < 1.29 is 4.79 Å². The van der Waals surface area contributed by atoms with Crippen LogP contribution >= 0.6 is 12.2 Å². The van der Waals surface area contributed by atoms with Gasteiger partial charge >= 0.3 is 0 Å². The number of aromatic amines is 1. The zero-order valence-electron chi connectivity index (χ0n) is 8.86. The minimum atomic E-state index is -0.0647. The number of pyridine rings is 1. The highest BCUT2D eigenvalue weighted by molar-refractivity contribution is 7.71. The van der Waals surface area contributed by atoms with Crippen molar-refractivity contribution in [1.29, 1.82) is 0 Å². The van der Waals surface area contributed by atoms with E-state index in [0.717, 1.165) is 5.52 Å². The van der Waals surface area contributed by atoms with E-state index in [1.165, 1.54) is 0 Å². The van der Waals surface area contributed by atoms with Gasteiger partial charge in [-0.1, -0.05) is 0 Å². The molecule has 0 saturated heterocycles. The van der Waals surface area contributed by atoms with E-state index in [0.29, 0.717) is 17.0 Å². The minimum Gasteiger partial charge on any atom is -0.355 e. The third-order valence-electron chi connectivity index (χ3n) is 2.20. The van der Waals surface area contributed by atoms with Gasteiger partial charge in [0, 0.05) is 12.7 Å². The number of hydrogen-bond donors (Lipinski definition) is 2. The number of carbonyl (C=O) groups excluding carboxylic acids is 1. The Labute approximate surface area is 97.5 Å². The van der Waals surface area contributed by atoms with Crippen molar-refractivity contribution in [3.8, 4) is 0 Å². The molecule has 0 spiro atoms. The molecule has 2 aromatic rings. The molecule has 2 rings (SSSR count). The lowest BCUT2D eigenvalue weighted by molar-refractivity contribution is -0.121. The van der Waals surface area contributed by atoms with E-state index < -0.39 is 0 Å². The van der Waals surface area contributed by atoms with Crippen molar-refractivity contribution in [3.05, 3.63) is 23.1 Å². The molecule has 2 N–H and O–H groups in total. The zero-order chi connectivity index (χ0) is 11.5. The minimum absolute atomic E-state index is 0.0647. The molecule has 0 aromatic carbocycles. The van der Waals surface area contributed by atoms with Crippen molar-refractivity contribution in [1.82, 2.24) is 19.9 Å². The number of hydrogen-bond acceptors (Lipinski definition) is 3. The number of H-pyrrole nitrogens is 1. The normalized spacial score (nSPS) is 10.6. The standard InChI is InChI=1S/C10H12N4OS/c1-2-11-8(15)6-14-9-7(13-10(14)16)4-3-5-12-9/h3-5H,2,6H2,1H3,(H,11,15)(H,13,16). The van der Waals surface area contributed by atoms with Crippen LogP contribution in [0, 0.1) is 4.77 Å². The van der Waals surface area contributed by atoms with Crippen LogP contribution in [0.1, 0.15) is 6.92 Å². The molecule has 1 amide bonds. The molecule has 0 aliphatic rings. The van der Waals surface area contributed by atoms with Crippen molar-refractivity contribution in [2.45, 2.75) is 13.5 Å². The van der Waals surface area contributed by atoms with E-state index in [-0.39, 0.29) is 12.5 Å². The van der Waals surface area contributed by atoms with E-state index in [1.54, 1.807) is 10.8 Å². The van der Waals surface area contributed by atoms with Gasteiger partial charge in [0.1, 0.15) is 6.54 Å². The van der Waals surface area contributed by atoms with Crippen LogP contribution in [-0.2, 0) is 11.3 Å². The molecule has 0 aliphatic carbocycles. The summed E-state index contributed by atoms with van der Waals surface area (Å²) in [7, 11) is 0. The highest BCUT2D eigenvalue weighted by Crippen LogP contribution is 2.09. The van der Waals surface area contributed by atoms with Crippen LogP contribution in [0.25, 0.3) is 11.2 Å². The molecule has 0 fully saturated rings. The van der Waals surface area contributed by atoms with Gasteiger partial charge in [-0.05, 0) is 31.3 Å². The highest BCUT2D eigenvalue weighted by atomic mass is 32.1. The van der Waals surface area contributed by atoms with Gasteiger partial charge < -0.3 is 10.3 Å². The first-order valence-electron chi connectivity index (χ1n) is 5.02. The molecule has 2 aromatic heterocycles. The lowest BCUT2D eigenvalue weighted by Crippen LogP contribution is -2.27. The molecule has 6 heteroatoms. The Hall–Kier alpha value is -1.69. The SMILES string of the molecule is CCNC(=O)Cn1c(=S)[nH]c2cccnc21. The van der Waals surface area contributed by atoms with Crippen LogP contribution in [0.5, 0.6) is 0 Å². The number of rotatable bonds is 3. The summed E-state index contributed by atoms with van der Waals surface area (Å²) < 4.78 is 2.20. The maximum atomic E-state index is 11.5. The monoisotopic (exact) mass is 236 g/mol. The number of nitrogens with zero attached hydrogens (tertiary/aromatic N) is 2. The molecule has 16 heavy (non-hydrogen) atoms. The molecule has 0 bridgehead atoms. The number of aromatic nitrogens is 3. The smallest absolute Gasteiger partial charge is 0.240 e. The van der Waals surface area contributed by atoms with Crippen LogP contribution in [-0.4, -0.2) is 27.0 Å². The van der Waals surface area contributed by atoms with E-state index >= 15 is 0 Å². The Bertz CT molecular complexity index is 571. The second-order valence-electron chi connectivity index (χ2n) is 3.34. The van der Waals surface area contributed by atoms with Crippen molar-refractivity contribution in [3.63, 3.8) is 0 Å². The van der Waals surface area contributed by atoms with Crippen LogP contribution in [0.4, 0.5) is 0 Å². The fourth-order valence-electron chi connectivity index (χ4n) is 1.53. The van der Waals surface area contributed by atoms with Crippen LogP contribution in [0.3, 0.4) is 0 Å². The van der Waals surface area contributed by atoms with E-state index in [4.69, 9.17) is 12.2 Å². The van der Waals surface area contributed by atoms with Gasteiger partial charge in [0.15, 0.2) is 10.4 Å². The summed E-state index contributed by atoms with van der Waals surface area (Å²) in [6, 6.07) is 3.70. The number of carbonyl (C=O) groups is 1. The molecular weight excluding hydrogens is 224 g/mol. The van der Waals surface area contributed by atoms with Crippen LogP contribution < -0.4 is 5.32 Å². The number of fused-ring (bicyclic) bond motifs is 1. The predicted molar refractivity (Wildman–Crippen MR) is 63.6 cm³/mol. The Morgan fingerprint density at radius 3 is 3.25 bits per heavy atom. The maximum absolute atomic E-state index is 11.5. The topological polar surface area (TPSA) is 62.7 Å². The quantitative estimate of drug-likeness (QED) is 0.788. The molecule has 2 heterocycles. The fourth-order valence-corrected chi connectivity index (χ4v) is 1.79. The Balaban J connectivity index is 2.40. The molecule has 0 saturated carbocycles. The fraction of sp³-hybridized carbons (Fsp3) is 0.300. The highest BCUT2D eigenvalue weighted by Gasteiger charge is 2.08. The van der Waals surface area contributed by atoms with E-state index in [1.807, 2.05) is 19.1 Å². The number of imidazole rings is 1. The van der Waals surface area contributed by atoms with Gasteiger partial charge in [0.05, 0.1) is 5.52 Å². The third kappa shape index (κ3) is 1.96. The van der Waals surface area contributed by atoms with Gasteiger partial charge in [-0.25, -0.2) is 4.98 Å². The lowest BCUT2D eigenvalue weighted by Gasteiger charge is -2.03. The zero-order valence-corrected chi connectivity index (χ0v) is 9.67. The molecular formula is C10H12N4OS. The summed E-state index contributed by atoms with van der Waals surface area (Å²) in [6.07, 6.45) is 1.68. The first-order chi connectivity index (χ1) is 7.72. The first-order valence-corrected chi connectivity index (χ1v) is 5.43. The molecule has 0 unspecified atom stereocenters. The van der Waals surface area contributed by atoms with Crippen molar-refractivity contribution in [2.75, 3.05) is 6.54 Å². The van der Waals surface area contributed by atoms with Crippen LogP contribution in [0.2, 0.25) is 0 Å². The third-order valence-corrected chi connectivity index (χ3v) is 2.53. The summed E-state index contributed by atoms with van der Waals surface area (Å²) in [6.45, 7) is 2.69. The second kappa shape index (κ2) is 4.44. The largest absolute Gasteiger partial charge is 0.355 e. The average Bonchev–Trinajstić information content (AvgIpc) is 2.56. The lowest BCUT2D eigenvalue weighted by atomic mass is 10.4. The van der Waals surface area contributed by atoms with Gasteiger partial charge in [0.2, 0.25) is 5.91 Å². The first kappa shape index (κ1) is 10.8. The summed E-state index contributed by atoms with van der Waals surface area (Å²) in [4.78, 5) is 18.7. The summed E-state index contributed by atoms with van der Waals surface area (Å²) in [5.41, 5.74) is 1.55. The van der Waals surface area contributed by atoms with Gasteiger partial charge in [-0.3, -0.25) is 9.36 Å². The summed E-state index contributed by atoms with van der Waals surface area (Å²) in [5.74, 6) is -0.0647. The van der Waals surface area contributed by atoms with E-state index in [2.05, 4.69) is 15.3 Å². The average molecular weight is 236 g/mol. The van der Waals surface area contributed by atoms with Gasteiger partial charge in [0.25, 0.3) is 0 Å². The Morgan fingerprint density at radius 1 is 1.69 bits per heavy atom. The van der Waals surface area contributed by atoms with Crippen molar-refractivity contribution in [2.24, 2.45) is 0 Å². The molecule has 0 radical (unpaired) electrons. The Morgan fingerprint density at radius 2 is 2.50 bits per heavy atom. The number of likely N-dealkylation sites (N-methyl/N-ethyl adjacent to an activating group) is 1. The molecule has 5 nitrogen and oxygen atoms in total. The molecule has 0 aliphatic heterocycles. The molecule has 0 atom stereocenters. The molecule has 84 valence electrons. The summed E-state index contributed by atoms with van der Waals surface area (Å²) in [5, 5.41) is 2.73.